The van der Waals surface area contributed by atoms with Crippen LogP contribution in [-0.2, 0) is 16.4 Å². The first-order chi connectivity index (χ1) is 11.7. The zero-order valence-electron chi connectivity index (χ0n) is 13.7. The van der Waals surface area contributed by atoms with Gasteiger partial charge in [-0.2, -0.15) is 0 Å². The minimum absolute atomic E-state index is 0.218. The number of rotatable bonds is 8. The van der Waals surface area contributed by atoms with Gasteiger partial charge in [0, 0.05) is 9.13 Å². The van der Waals surface area contributed by atoms with Crippen molar-refractivity contribution in [3.05, 3.63) is 57.2 Å². The van der Waals surface area contributed by atoms with Crippen LogP contribution in [0.25, 0.3) is 0 Å². The van der Waals surface area contributed by atoms with Crippen LogP contribution in [0.2, 0.25) is 0 Å². The molecule has 2 aromatic carbocycles. The Bertz CT molecular complexity index is 690. The predicted molar refractivity (Wildman–Crippen MR) is 101 cm³/mol. The van der Waals surface area contributed by atoms with Crippen LogP contribution < -0.4 is 10.1 Å². The molecule has 24 heavy (non-hydrogen) atoms. The fraction of sp³-hybridized carbons (Fsp3) is 0.278. The van der Waals surface area contributed by atoms with Gasteiger partial charge in [0.15, 0.2) is 0 Å². The highest BCUT2D eigenvalue weighted by Crippen LogP contribution is 2.26. The van der Waals surface area contributed by atoms with Gasteiger partial charge in [0.05, 0.1) is 25.0 Å². The molecule has 0 saturated carbocycles. The summed E-state index contributed by atoms with van der Waals surface area (Å²) in [5, 5.41) is 2.96. The van der Waals surface area contributed by atoms with Crippen LogP contribution in [0.1, 0.15) is 29.3 Å². The molecule has 0 saturated heterocycles. The maximum atomic E-state index is 12.7. The summed E-state index contributed by atoms with van der Waals surface area (Å²) in [5.41, 5.74) is 2.05. The summed E-state index contributed by atoms with van der Waals surface area (Å²) >= 11 is 2.18. The Morgan fingerprint density at radius 2 is 1.96 bits per heavy atom. The molecule has 0 bridgehead atoms. The lowest BCUT2D eigenvalue weighted by Gasteiger charge is -2.15. The number of anilines is 1. The average Bonchev–Trinajstić information content (AvgIpc) is 2.60. The molecule has 2 aromatic rings. The summed E-state index contributed by atoms with van der Waals surface area (Å²) in [6.07, 6.45) is 0.880. The van der Waals surface area contributed by atoms with Crippen LogP contribution in [0.3, 0.4) is 0 Å². The zero-order chi connectivity index (χ0) is 17.4. The number of ether oxygens (including phenoxy) is 1. The molecule has 0 aliphatic rings. The number of amides is 1. The first-order valence-electron chi connectivity index (χ1n) is 7.63. The maximum Gasteiger partial charge on any atom is 0.259 e. The van der Waals surface area contributed by atoms with Crippen LogP contribution in [0, 0.1) is 3.57 Å². The van der Waals surface area contributed by atoms with E-state index in [0.717, 1.165) is 15.6 Å². The number of hydrogen-bond donors (Lipinski definition) is 1. The van der Waals surface area contributed by atoms with Gasteiger partial charge in [-0.15, -0.1) is 0 Å². The van der Waals surface area contributed by atoms with E-state index in [1.807, 2.05) is 37.3 Å². The third kappa shape index (κ3) is 4.93. The second kappa shape index (κ2) is 9.61. The van der Waals surface area contributed by atoms with E-state index in [1.54, 1.807) is 12.1 Å². The van der Waals surface area contributed by atoms with Gasteiger partial charge in [0.1, 0.15) is 12.4 Å². The number of carbonyl (C=O) groups is 1. The molecule has 1 N–H and O–H groups in total. The predicted octanol–water partition coefficient (Wildman–Crippen LogP) is 4.41. The van der Waals surface area contributed by atoms with Crippen molar-refractivity contribution in [3.63, 3.8) is 0 Å². The molecule has 1 amide bonds. The summed E-state index contributed by atoms with van der Waals surface area (Å²) in [6.45, 7) is 2.84. The number of hydrogen-bond acceptors (Lipinski definition) is 4. The first-order valence-corrected chi connectivity index (χ1v) is 8.71. The van der Waals surface area contributed by atoms with Crippen LogP contribution in [0.4, 0.5) is 5.69 Å². The normalized spacial score (nSPS) is 10.5. The molecule has 0 aliphatic heterocycles. The fourth-order valence-electron chi connectivity index (χ4n) is 2.12. The largest absolute Gasteiger partial charge is 0.493 e. The second-order valence-corrected chi connectivity index (χ2v) is 6.16. The van der Waals surface area contributed by atoms with Crippen molar-refractivity contribution in [1.82, 2.24) is 0 Å². The summed E-state index contributed by atoms with van der Waals surface area (Å²) in [6, 6.07) is 12.9. The first kappa shape index (κ1) is 18.7. The van der Waals surface area contributed by atoms with E-state index >= 15 is 0 Å². The van der Waals surface area contributed by atoms with Gasteiger partial charge in [-0.25, -0.2) is 9.78 Å². The van der Waals surface area contributed by atoms with Crippen LogP contribution in [0.5, 0.6) is 5.75 Å². The number of benzene rings is 2. The average molecular weight is 441 g/mol. The van der Waals surface area contributed by atoms with Crippen LogP contribution >= 0.6 is 22.6 Å². The Hall–Kier alpha value is -1.64. The monoisotopic (exact) mass is 441 g/mol. The summed E-state index contributed by atoms with van der Waals surface area (Å²) in [4.78, 5) is 22.4. The molecule has 0 unspecified atom stereocenters. The minimum atomic E-state index is -0.218. The highest BCUT2D eigenvalue weighted by atomic mass is 127. The number of nitrogens with one attached hydrogen (secondary N) is 1. The molecule has 0 atom stereocenters. The molecule has 0 fully saturated rings. The molecule has 0 spiro atoms. The Morgan fingerprint density at radius 3 is 2.71 bits per heavy atom. The number of carbonyl (C=O) groups excluding carboxylic acids is 1. The van der Waals surface area contributed by atoms with E-state index in [-0.39, 0.29) is 12.5 Å². The minimum Gasteiger partial charge on any atom is -0.493 e. The van der Waals surface area contributed by atoms with Gasteiger partial charge in [-0.1, -0.05) is 31.2 Å². The lowest BCUT2D eigenvalue weighted by atomic mass is 10.1. The van der Waals surface area contributed by atoms with E-state index in [9.17, 15) is 4.79 Å². The number of para-hydroxylation sites is 2. The quantitative estimate of drug-likeness (QED) is 0.375. The third-order valence-electron chi connectivity index (χ3n) is 3.26. The topological polar surface area (TPSA) is 56.8 Å². The standard InChI is InChI=1S/C18H20INO4/c1-3-11-23-16-10-5-4-8-14(16)18(21)20-17-13(12-24-22-2)7-6-9-15(17)19/h4-10H,3,11-12H2,1-2H3,(H,20,21). The fourth-order valence-corrected chi connectivity index (χ4v) is 2.81. The Balaban J connectivity index is 2.24. The van der Waals surface area contributed by atoms with Crippen molar-refractivity contribution in [1.29, 1.82) is 0 Å². The van der Waals surface area contributed by atoms with Gasteiger partial charge in [-0.3, -0.25) is 4.79 Å². The zero-order valence-corrected chi connectivity index (χ0v) is 15.8. The van der Waals surface area contributed by atoms with Crippen molar-refractivity contribution in [2.24, 2.45) is 0 Å². The third-order valence-corrected chi connectivity index (χ3v) is 4.16. The van der Waals surface area contributed by atoms with Gasteiger partial charge in [0.25, 0.3) is 5.91 Å². The second-order valence-electron chi connectivity index (χ2n) is 5.00. The summed E-state index contributed by atoms with van der Waals surface area (Å²) in [5.74, 6) is 0.363. The van der Waals surface area contributed by atoms with E-state index in [1.165, 1.54) is 7.11 Å². The summed E-state index contributed by atoms with van der Waals surface area (Å²) < 4.78 is 6.58. The van der Waals surface area contributed by atoms with E-state index in [2.05, 4.69) is 32.8 Å². The van der Waals surface area contributed by atoms with Crippen LogP contribution in [-0.4, -0.2) is 19.6 Å². The van der Waals surface area contributed by atoms with Gasteiger partial charge >= 0.3 is 0 Å². The molecule has 6 heteroatoms. The van der Waals surface area contributed by atoms with Crippen molar-refractivity contribution in [3.8, 4) is 5.75 Å². The van der Waals surface area contributed by atoms with Crippen molar-refractivity contribution in [2.45, 2.75) is 20.0 Å². The van der Waals surface area contributed by atoms with E-state index in [0.29, 0.717) is 23.6 Å². The lowest BCUT2D eigenvalue weighted by Crippen LogP contribution is -2.16. The summed E-state index contributed by atoms with van der Waals surface area (Å²) in [7, 11) is 1.45. The highest BCUT2D eigenvalue weighted by molar-refractivity contribution is 14.1. The molecular weight excluding hydrogens is 421 g/mol. The molecule has 0 aliphatic carbocycles. The van der Waals surface area contributed by atoms with E-state index < -0.39 is 0 Å². The van der Waals surface area contributed by atoms with Crippen molar-refractivity contribution < 1.29 is 19.3 Å². The molecule has 0 aromatic heterocycles. The van der Waals surface area contributed by atoms with Gasteiger partial charge < -0.3 is 10.1 Å². The molecule has 2 rings (SSSR count). The van der Waals surface area contributed by atoms with Gasteiger partial charge in [-0.05, 0) is 47.2 Å². The van der Waals surface area contributed by atoms with Crippen LogP contribution in [0.15, 0.2) is 42.5 Å². The Kier molecular flexibility index (Phi) is 7.48. The number of halogens is 1. The Morgan fingerprint density at radius 1 is 1.17 bits per heavy atom. The Labute approximate surface area is 155 Å². The molecule has 5 nitrogen and oxygen atoms in total. The maximum absolute atomic E-state index is 12.7. The SMILES string of the molecule is CCCOc1ccccc1C(=O)Nc1c(I)cccc1COOC. The van der Waals surface area contributed by atoms with Gasteiger partial charge in [0.2, 0.25) is 0 Å². The molecular formula is C18H20INO4. The van der Waals surface area contributed by atoms with Crippen molar-refractivity contribution >= 4 is 34.2 Å². The molecule has 0 radical (unpaired) electrons. The molecule has 0 heterocycles. The van der Waals surface area contributed by atoms with E-state index in [4.69, 9.17) is 9.62 Å². The molecule has 128 valence electrons. The highest BCUT2D eigenvalue weighted by Gasteiger charge is 2.16. The smallest absolute Gasteiger partial charge is 0.259 e. The van der Waals surface area contributed by atoms with Crippen molar-refractivity contribution in [2.75, 3.05) is 19.0 Å². The lowest BCUT2D eigenvalue weighted by molar-refractivity contribution is -0.282.